The number of halogens is 1. The van der Waals surface area contributed by atoms with E-state index < -0.39 is 0 Å². The number of piperazine rings is 1. The van der Waals surface area contributed by atoms with Gasteiger partial charge in [0.15, 0.2) is 5.65 Å². The minimum absolute atomic E-state index is 0.104. The molecule has 5 aromatic rings. The molecule has 6 rings (SSSR count). The Balaban J connectivity index is 1.30. The third-order valence-electron chi connectivity index (χ3n) is 6.76. The first-order valence-electron chi connectivity index (χ1n) is 12.4. The topological polar surface area (TPSA) is 53.7 Å². The van der Waals surface area contributed by atoms with Crippen LogP contribution in [0.5, 0.6) is 0 Å². The molecule has 0 unspecified atom stereocenters. The van der Waals surface area contributed by atoms with Crippen LogP contribution in [0.1, 0.15) is 16.1 Å². The maximum Gasteiger partial charge on any atom is 0.272 e. The number of nitrogens with zero attached hydrogens (tertiary/aromatic N) is 5. The lowest BCUT2D eigenvalue weighted by atomic mass is 10.1. The van der Waals surface area contributed by atoms with E-state index in [2.05, 4.69) is 29.2 Å². The van der Waals surface area contributed by atoms with Gasteiger partial charge < -0.3 is 4.90 Å². The summed E-state index contributed by atoms with van der Waals surface area (Å²) in [5.74, 6) is -0.420. The molecule has 184 valence electrons. The molecule has 0 radical (unpaired) electrons. The standard InChI is InChI=1S/C30H26FN5O/c31-25-13-11-24(12-14-25)28-19-27(32-29-20-26(33-36(28)29)23-9-5-2-6-10-23)30(37)35-17-15-34(16-18-35)21-22-7-3-1-4-8-22/h1-14,19-20H,15-18,21H2. The molecule has 1 fully saturated rings. The van der Waals surface area contributed by atoms with Crippen molar-refractivity contribution >= 4 is 11.6 Å². The molecule has 0 aliphatic carbocycles. The second-order valence-electron chi connectivity index (χ2n) is 9.25. The Morgan fingerprint density at radius 1 is 0.784 bits per heavy atom. The van der Waals surface area contributed by atoms with E-state index in [0.717, 1.165) is 36.5 Å². The quantitative estimate of drug-likeness (QED) is 0.341. The Morgan fingerprint density at radius 2 is 1.46 bits per heavy atom. The molecule has 2 aromatic heterocycles. The third-order valence-corrected chi connectivity index (χ3v) is 6.76. The number of hydrogen-bond donors (Lipinski definition) is 0. The number of fused-ring (bicyclic) bond motifs is 1. The van der Waals surface area contributed by atoms with Crippen LogP contribution < -0.4 is 0 Å². The van der Waals surface area contributed by atoms with E-state index in [0.29, 0.717) is 30.1 Å². The summed E-state index contributed by atoms with van der Waals surface area (Å²) in [6.45, 7) is 3.76. The van der Waals surface area contributed by atoms with E-state index in [1.54, 1.807) is 22.7 Å². The van der Waals surface area contributed by atoms with Crippen molar-refractivity contribution in [3.63, 3.8) is 0 Å². The highest BCUT2D eigenvalue weighted by Crippen LogP contribution is 2.26. The summed E-state index contributed by atoms with van der Waals surface area (Å²) in [6, 6.07) is 30.1. The van der Waals surface area contributed by atoms with Crippen LogP contribution in [-0.4, -0.2) is 56.5 Å². The van der Waals surface area contributed by atoms with Crippen molar-refractivity contribution < 1.29 is 9.18 Å². The lowest BCUT2D eigenvalue weighted by Crippen LogP contribution is -2.48. The zero-order valence-electron chi connectivity index (χ0n) is 20.3. The molecular formula is C30H26FN5O. The lowest BCUT2D eigenvalue weighted by Gasteiger charge is -2.34. The van der Waals surface area contributed by atoms with Gasteiger partial charge in [0.2, 0.25) is 0 Å². The summed E-state index contributed by atoms with van der Waals surface area (Å²) in [6.07, 6.45) is 0. The molecule has 0 saturated carbocycles. The Morgan fingerprint density at radius 3 is 2.16 bits per heavy atom. The number of amides is 1. The normalized spacial score (nSPS) is 14.2. The number of rotatable bonds is 5. The molecule has 0 spiro atoms. The minimum Gasteiger partial charge on any atom is -0.335 e. The predicted octanol–water partition coefficient (Wildman–Crippen LogP) is 5.16. The van der Waals surface area contributed by atoms with Crippen molar-refractivity contribution in [2.24, 2.45) is 0 Å². The fraction of sp³-hybridized carbons (Fsp3) is 0.167. The zero-order chi connectivity index (χ0) is 25.2. The number of hydrogen-bond acceptors (Lipinski definition) is 4. The highest BCUT2D eigenvalue weighted by atomic mass is 19.1. The molecule has 3 aromatic carbocycles. The van der Waals surface area contributed by atoms with E-state index in [1.807, 2.05) is 47.4 Å². The molecule has 0 atom stereocenters. The highest BCUT2D eigenvalue weighted by Gasteiger charge is 2.25. The second-order valence-corrected chi connectivity index (χ2v) is 9.25. The van der Waals surface area contributed by atoms with E-state index in [9.17, 15) is 9.18 Å². The lowest BCUT2D eigenvalue weighted by molar-refractivity contribution is 0.0623. The van der Waals surface area contributed by atoms with Crippen molar-refractivity contribution in [3.05, 3.63) is 114 Å². The Kier molecular flexibility index (Phi) is 6.20. The van der Waals surface area contributed by atoms with Crippen LogP contribution in [0.15, 0.2) is 97.1 Å². The number of benzene rings is 3. The molecule has 7 heteroatoms. The Hall–Kier alpha value is -4.36. The number of carbonyl (C=O) groups is 1. The first-order chi connectivity index (χ1) is 18.1. The average Bonchev–Trinajstić information content (AvgIpc) is 3.39. The Labute approximate surface area is 214 Å². The molecule has 0 N–H and O–H groups in total. The molecule has 3 heterocycles. The molecule has 1 saturated heterocycles. The summed E-state index contributed by atoms with van der Waals surface area (Å²) in [5, 5.41) is 4.77. The van der Waals surface area contributed by atoms with Gasteiger partial charge in [0.25, 0.3) is 5.91 Å². The summed E-state index contributed by atoms with van der Waals surface area (Å²) >= 11 is 0. The smallest absolute Gasteiger partial charge is 0.272 e. The van der Waals surface area contributed by atoms with Gasteiger partial charge in [-0.2, -0.15) is 5.10 Å². The first kappa shape index (κ1) is 23.1. The van der Waals surface area contributed by atoms with Gasteiger partial charge in [-0.05, 0) is 35.9 Å². The summed E-state index contributed by atoms with van der Waals surface area (Å²) in [4.78, 5) is 22.5. The number of aromatic nitrogens is 3. The van der Waals surface area contributed by atoms with Gasteiger partial charge in [0, 0.05) is 49.9 Å². The summed E-state index contributed by atoms with van der Waals surface area (Å²) in [7, 11) is 0. The van der Waals surface area contributed by atoms with E-state index in [1.165, 1.54) is 17.7 Å². The molecule has 1 aliphatic heterocycles. The van der Waals surface area contributed by atoms with E-state index >= 15 is 0 Å². The summed E-state index contributed by atoms with van der Waals surface area (Å²) < 4.78 is 15.4. The maximum absolute atomic E-state index is 13.7. The molecule has 37 heavy (non-hydrogen) atoms. The largest absolute Gasteiger partial charge is 0.335 e. The van der Waals surface area contributed by atoms with Crippen LogP contribution in [0.25, 0.3) is 28.2 Å². The monoisotopic (exact) mass is 491 g/mol. The van der Waals surface area contributed by atoms with Gasteiger partial charge in [-0.25, -0.2) is 13.9 Å². The average molecular weight is 492 g/mol. The highest BCUT2D eigenvalue weighted by molar-refractivity contribution is 5.94. The molecule has 1 aliphatic rings. The van der Waals surface area contributed by atoms with Gasteiger partial charge in [0.1, 0.15) is 11.5 Å². The fourth-order valence-corrected chi connectivity index (χ4v) is 4.77. The second kappa shape index (κ2) is 9.95. The van der Waals surface area contributed by atoms with Crippen LogP contribution in [0.3, 0.4) is 0 Å². The minimum atomic E-state index is -0.316. The van der Waals surface area contributed by atoms with Crippen LogP contribution in [0.2, 0.25) is 0 Å². The van der Waals surface area contributed by atoms with Gasteiger partial charge in [-0.1, -0.05) is 60.7 Å². The van der Waals surface area contributed by atoms with Crippen molar-refractivity contribution in [1.29, 1.82) is 0 Å². The van der Waals surface area contributed by atoms with Crippen LogP contribution in [-0.2, 0) is 6.54 Å². The van der Waals surface area contributed by atoms with Crippen molar-refractivity contribution in [2.75, 3.05) is 26.2 Å². The van der Waals surface area contributed by atoms with E-state index in [-0.39, 0.29) is 11.7 Å². The predicted molar refractivity (Wildman–Crippen MR) is 141 cm³/mol. The van der Waals surface area contributed by atoms with Gasteiger partial charge >= 0.3 is 0 Å². The third kappa shape index (κ3) is 4.86. The maximum atomic E-state index is 13.7. The molecular weight excluding hydrogens is 465 g/mol. The zero-order valence-corrected chi connectivity index (χ0v) is 20.3. The van der Waals surface area contributed by atoms with Crippen molar-refractivity contribution in [3.8, 4) is 22.5 Å². The van der Waals surface area contributed by atoms with Crippen LogP contribution >= 0.6 is 0 Å². The van der Waals surface area contributed by atoms with E-state index in [4.69, 9.17) is 10.1 Å². The van der Waals surface area contributed by atoms with Crippen LogP contribution in [0, 0.1) is 5.82 Å². The van der Waals surface area contributed by atoms with Gasteiger partial charge in [-0.15, -0.1) is 0 Å². The fourth-order valence-electron chi connectivity index (χ4n) is 4.77. The number of carbonyl (C=O) groups excluding carboxylic acids is 1. The SMILES string of the molecule is O=C(c1cc(-c2ccc(F)cc2)n2nc(-c3ccccc3)cc2n1)N1CCN(Cc2ccccc2)CC1. The van der Waals surface area contributed by atoms with Gasteiger partial charge in [-0.3, -0.25) is 9.69 Å². The first-order valence-corrected chi connectivity index (χ1v) is 12.4. The van der Waals surface area contributed by atoms with Crippen molar-refractivity contribution in [2.45, 2.75) is 6.54 Å². The summed E-state index contributed by atoms with van der Waals surface area (Å²) in [5.41, 5.74) is 5.38. The molecule has 6 nitrogen and oxygen atoms in total. The Bertz CT molecular complexity index is 1530. The van der Waals surface area contributed by atoms with Crippen molar-refractivity contribution in [1.82, 2.24) is 24.4 Å². The molecule has 1 amide bonds. The molecule has 0 bridgehead atoms. The van der Waals surface area contributed by atoms with Gasteiger partial charge in [0.05, 0.1) is 11.4 Å². The van der Waals surface area contributed by atoms with Crippen LogP contribution in [0.4, 0.5) is 4.39 Å².